The van der Waals surface area contributed by atoms with E-state index in [1.54, 1.807) is 20.4 Å². The van der Waals surface area contributed by atoms with Crippen LogP contribution in [0.4, 0.5) is 17.2 Å². The lowest BCUT2D eigenvalue weighted by Crippen LogP contribution is -2.00. The average Bonchev–Trinajstić information content (AvgIpc) is 2.56. The van der Waals surface area contributed by atoms with Gasteiger partial charge in [-0.15, -0.1) is 0 Å². The van der Waals surface area contributed by atoms with Crippen molar-refractivity contribution in [2.75, 3.05) is 25.3 Å². The monoisotopic (exact) mass is 295 g/mol. The van der Waals surface area contributed by atoms with Gasteiger partial charge in [-0.3, -0.25) is 0 Å². The minimum Gasteiger partial charge on any atom is -0.493 e. The van der Waals surface area contributed by atoms with Gasteiger partial charge in [-0.25, -0.2) is 4.98 Å². The van der Waals surface area contributed by atoms with Crippen molar-refractivity contribution in [2.24, 2.45) is 0 Å². The van der Waals surface area contributed by atoms with Crippen LogP contribution in [0.5, 0.6) is 11.5 Å². The Labute approximate surface area is 128 Å². The summed E-state index contributed by atoms with van der Waals surface area (Å²) in [6.07, 6.45) is 1.72. The highest BCUT2D eigenvalue weighted by molar-refractivity contribution is 6.03. The Morgan fingerprint density at radius 2 is 1.77 bits per heavy atom. The lowest BCUT2D eigenvalue weighted by molar-refractivity contribution is 0.357. The smallest absolute Gasteiger partial charge is 0.184 e. The molecule has 0 radical (unpaired) electrons. The Morgan fingerprint density at radius 1 is 1.00 bits per heavy atom. The lowest BCUT2D eigenvalue weighted by atomic mass is 10.1. The first kappa shape index (κ1) is 14.0. The number of methoxy groups -OCH3 is 2. The molecule has 1 aromatic heterocycles. The first-order valence-corrected chi connectivity index (χ1v) is 6.86. The van der Waals surface area contributed by atoms with Crippen molar-refractivity contribution in [2.45, 2.75) is 0 Å². The summed E-state index contributed by atoms with van der Waals surface area (Å²) in [4.78, 5) is 4.41. The third-order valence-corrected chi connectivity index (χ3v) is 3.48. The second-order valence-electron chi connectivity index (χ2n) is 4.77. The number of nitrogens with zero attached hydrogens (tertiary/aromatic N) is 1. The number of hydrogen-bond donors (Lipinski definition) is 2. The molecule has 0 aliphatic heterocycles. The fraction of sp³-hybridized carbons (Fsp3) is 0.118. The minimum absolute atomic E-state index is 0.534. The van der Waals surface area contributed by atoms with Crippen LogP contribution in [-0.4, -0.2) is 19.2 Å². The Bertz CT molecular complexity index is 804. The molecule has 0 saturated heterocycles. The maximum Gasteiger partial charge on any atom is 0.184 e. The molecule has 22 heavy (non-hydrogen) atoms. The van der Waals surface area contributed by atoms with Crippen LogP contribution in [0, 0.1) is 0 Å². The fourth-order valence-electron chi connectivity index (χ4n) is 2.43. The van der Waals surface area contributed by atoms with Crippen LogP contribution in [0.15, 0.2) is 48.7 Å². The maximum absolute atomic E-state index is 6.21. The molecule has 5 nitrogen and oxygen atoms in total. The number of aromatic nitrogens is 1. The van der Waals surface area contributed by atoms with Gasteiger partial charge in [0.05, 0.1) is 19.9 Å². The van der Waals surface area contributed by atoms with E-state index < -0.39 is 0 Å². The van der Waals surface area contributed by atoms with E-state index >= 15 is 0 Å². The standard InChI is InChI=1S/C17H17N3O2/c1-21-14-10-13-12(15(18)16(14)22-2)8-9-19-17(13)20-11-6-4-3-5-7-11/h3-10H,18H2,1-2H3,(H,19,20). The number of pyridine rings is 1. The van der Waals surface area contributed by atoms with E-state index in [1.165, 1.54) is 0 Å². The van der Waals surface area contributed by atoms with Crippen LogP contribution in [0.3, 0.4) is 0 Å². The summed E-state index contributed by atoms with van der Waals surface area (Å²) in [5.41, 5.74) is 7.70. The Balaban J connectivity index is 2.18. The number of para-hydroxylation sites is 1. The number of nitrogen functional groups attached to an aromatic ring is 1. The predicted molar refractivity (Wildman–Crippen MR) is 89.0 cm³/mol. The molecule has 0 saturated carbocycles. The molecule has 0 aliphatic carbocycles. The van der Waals surface area contributed by atoms with E-state index in [0.29, 0.717) is 17.2 Å². The van der Waals surface area contributed by atoms with E-state index in [0.717, 1.165) is 22.3 Å². The summed E-state index contributed by atoms with van der Waals surface area (Å²) in [7, 11) is 3.16. The molecule has 0 fully saturated rings. The molecule has 0 aliphatic rings. The van der Waals surface area contributed by atoms with Crippen molar-refractivity contribution in [3.8, 4) is 11.5 Å². The molecule has 0 spiro atoms. The number of anilines is 3. The molecule has 5 heteroatoms. The molecule has 0 atom stereocenters. The zero-order valence-electron chi connectivity index (χ0n) is 12.5. The van der Waals surface area contributed by atoms with Crippen LogP contribution >= 0.6 is 0 Å². The average molecular weight is 295 g/mol. The number of benzene rings is 2. The van der Waals surface area contributed by atoms with Crippen LogP contribution < -0.4 is 20.5 Å². The van der Waals surface area contributed by atoms with Crippen molar-refractivity contribution in [3.63, 3.8) is 0 Å². The number of ether oxygens (including phenoxy) is 2. The van der Waals surface area contributed by atoms with Crippen LogP contribution in [0.25, 0.3) is 10.8 Å². The second kappa shape index (κ2) is 5.81. The molecule has 112 valence electrons. The summed E-state index contributed by atoms with van der Waals surface area (Å²) in [6, 6.07) is 13.6. The largest absolute Gasteiger partial charge is 0.493 e. The van der Waals surface area contributed by atoms with Gasteiger partial charge < -0.3 is 20.5 Å². The summed E-state index contributed by atoms with van der Waals surface area (Å²) in [6.45, 7) is 0. The maximum atomic E-state index is 6.21. The van der Waals surface area contributed by atoms with Gasteiger partial charge in [0.2, 0.25) is 0 Å². The van der Waals surface area contributed by atoms with Crippen molar-refractivity contribution < 1.29 is 9.47 Å². The number of fused-ring (bicyclic) bond motifs is 1. The van der Waals surface area contributed by atoms with E-state index in [2.05, 4.69) is 10.3 Å². The van der Waals surface area contributed by atoms with Gasteiger partial charge in [-0.05, 0) is 24.3 Å². The molecule has 3 N–H and O–H groups in total. The molecule has 1 heterocycles. The van der Waals surface area contributed by atoms with Gasteiger partial charge in [-0.1, -0.05) is 18.2 Å². The third kappa shape index (κ3) is 2.37. The number of rotatable bonds is 4. The fourth-order valence-corrected chi connectivity index (χ4v) is 2.43. The summed E-state index contributed by atoms with van der Waals surface area (Å²) in [5, 5.41) is 5.04. The van der Waals surface area contributed by atoms with Gasteiger partial charge >= 0.3 is 0 Å². The normalized spacial score (nSPS) is 10.5. The van der Waals surface area contributed by atoms with Crippen LogP contribution in [0.1, 0.15) is 0 Å². The van der Waals surface area contributed by atoms with Crippen LogP contribution in [-0.2, 0) is 0 Å². The van der Waals surface area contributed by atoms with E-state index in [9.17, 15) is 0 Å². The van der Waals surface area contributed by atoms with Gasteiger partial charge in [0.25, 0.3) is 0 Å². The first-order chi connectivity index (χ1) is 10.7. The van der Waals surface area contributed by atoms with Crippen molar-refractivity contribution in [1.82, 2.24) is 4.98 Å². The van der Waals surface area contributed by atoms with Crippen molar-refractivity contribution in [1.29, 1.82) is 0 Å². The highest BCUT2D eigenvalue weighted by Gasteiger charge is 2.15. The molecule has 2 aromatic carbocycles. The molecule has 3 aromatic rings. The summed E-state index contributed by atoms with van der Waals surface area (Å²) in [5.74, 6) is 1.83. The molecule has 0 bridgehead atoms. The van der Waals surface area contributed by atoms with Gasteiger partial charge in [-0.2, -0.15) is 0 Å². The van der Waals surface area contributed by atoms with Crippen LogP contribution in [0.2, 0.25) is 0 Å². The number of nitrogens with two attached hydrogens (primary N) is 1. The highest BCUT2D eigenvalue weighted by atomic mass is 16.5. The predicted octanol–water partition coefficient (Wildman–Crippen LogP) is 3.58. The van der Waals surface area contributed by atoms with Gasteiger partial charge in [0.15, 0.2) is 11.5 Å². The van der Waals surface area contributed by atoms with Crippen molar-refractivity contribution in [3.05, 3.63) is 48.7 Å². The second-order valence-corrected chi connectivity index (χ2v) is 4.77. The molecule has 0 unspecified atom stereocenters. The lowest BCUT2D eigenvalue weighted by Gasteiger charge is -2.15. The zero-order chi connectivity index (χ0) is 15.5. The summed E-state index contributed by atoms with van der Waals surface area (Å²) < 4.78 is 10.7. The van der Waals surface area contributed by atoms with Gasteiger partial charge in [0, 0.05) is 22.7 Å². The summed E-state index contributed by atoms with van der Waals surface area (Å²) >= 11 is 0. The number of nitrogens with one attached hydrogen (secondary N) is 1. The minimum atomic E-state index is 0.534. The number of hydrogen-bond acceptors (Lipinski definition) is 5. The highest BCUT2D eigenvalue weighted by Crippen LogP contribution is 2.41. The quantitative estimate of drug-likeness (QED) is 0.720. The third-order valence-electron chi connectivity index (χ3n) is 3.48. The Morgan fingerprint density at radius 3 is 2.45 bits per heavy atom. The van der Waals surface area contributed by atoms with Gasteiger partial charge in [0.1, 0.15) is 5.82 Å². The zero-order valence-corrected chi connectivity index (χ0v) is 12.5. The topological polar surface area (TPSA) is 69.4 Å². The van der Waals surface area contributed by atoms with E-state index in [1.807, 2.05) is 42.5 Å². The van der Waals surface area contributed by atoms with Crippen molar-refractivity contribution >= 4 is 28.0 Å². The van der Waals surface area contributed by atoms with E-state index in [4.69, 9.17) is 15.2 Å². The Hall–Kier alpha value is -2.95. The molecule has 0 amide bonds. The van der Waals surface area contributed by atoms with E-state index in [-0.39, 0.29) is 0 Å². The first-order valence-electron chi connectivity index (χ1n) is 6.86. The molecular formula is C17H17N3O2. The molecular weight excluding hydrogens is 278 g/mol. The molecule has 3 rings (SSSR count). The SMILES string of the molecule is COc1cc2c(Nc3ccccc3)nccc2c(N)c1OC. The Kier molecular flexibility index (Phi) is 3.70.